The van der Waals surface area contributed by atoms with Crippen molar-refractivity contribution in [3.63, 3.8) is 0 Å². The SMILES string of the molecule is [Cu+2].[Cu+2].[Cu+2].[P-3].[P-3].[P-3].[P-3].[W+6]. The summed E-state index contributed by atoms with van der Waals surface area (Å²) in [5.41, 5.74) is 0. The van der Waals surface area contributed by atoms with Crippen molar-refractivity contribution in [1.29, 1.82) is 0 Å². The van der Waals surface area contributed by atoms with Crippen molar-refractivity contribution in [3.05, 3.63) is 0 Å². The molecule has 0 unspecified atom stereocenters. The quantitative estimate of drug-likeness (QED) is 0.355. The van der Waals surface area contributed by atoms with Crippen LogP contribution in [0.25, 0.3) is 0 Å². The van der Waals surface area contributed by atoms with Crippen LogP contribution in [0.5, 0.6) is 0 Å². The van der Waals surface area contributed by atoms with E-state index >= 15 is 0 Å². The van der Waals surface area contributed by atoms with E-state index in [1.54, 1.807) is 0 Å². The molecule has 0 saturated heterocycles. The molecule has 0 amide bonds. The fourth-order valence-corrected chi connectivity index (χ4v) is 0. The molecule has 0 bridgehead atoms. The van der Waals surface area contributed by atoms with Gasteiger partial charge in [-0.25, -0.2) is 0 Å². The van der Waals surface area contributed by atoms with Crippen molar-refractivity contribution in [3.8, 4) is 0 Å². The third-order valence-corrected chi connectivity index (χ3v) is 0. The minimum Gasteiger partial charge on any atom is -3.00 e. The number of hydrogen-bond donors (Lipinski definition) is 0. The van der Waals surface area contributed by atoms with Crippen LogP contribution in [0.3, 0.4) is 0 Å². The van der Waals surface area contributed by atoms with Gasteiger partial charge >= 0.3 is 72.3 Å². The van der Waals surface area contributed by atoms with E-state index in [4.69, 9.17) is 0 Å². The van der Waals surface area contributed by atoms with Crippen molar-refractivity contribution in [2.45, 2.75) is 0 Å². The van der Waals surface area contributed by atoms with Gasteiger partial charge in [-0.3, -0.25) is 0 Å². The molecular weight excluding hydrogens is 498 g/mol. The third-order valence-electron chi connectivity index (χ3n) is 0. The average molecular weight is 498 g/mol. The van der Waals surface area contributed by atoms with Crippen molar-refractivity contribution in [2.75, 3.05) is 0 Å². The normalized spacial score (nSPS) is 0. The van der Waals surface area contributed by atoms with Crippen LogP contribution in [-0.4, -0.2) is 0 Å². The Morgan fingerprint density at radius 3 is 0.375 bits per heavy atom. The Kier molecular flexibility index (Phi) is 792. The molecular formula is Cu3P4W. The topological polar surface area (TPSA) is 0 Å². The van der Waals surface area contributed by atoms with Crippen LogP contribution in [0, 0.1) is 0 Å². The number of rotatable bonds is 0. The molecule has 0 rings (SSSR count). The Labute approximate surface area is 111 Å². The van der Waals surface area contributed by atoms with Crippen LogP contribution >= 0.6 is 39.6 Å². The molecule has 0 nitrogen and oxygen atoms in total. The Morgan fingerprint density at radius 1 is 0.375 bits per heavy atom. The maximum absolute atomic E-state index is 0. The van der Waals surface area contributed by atoms with Gasteiger partial charge in [-0.2, -0.15) is 0 Å². The first-order chi connectivity index (χ1) is 0. The minimum absolute atomic E-state index is 0. The van der Waals surface area contributed by atoms with Gasteiger partial charge in [-0.05, 0) is 0 Å². The third kappa shape index (κ3) is 50.9. The predicted molar refractivity (Wildman–Crippen MR) is 27.7 cm³/mol. The molecule has 0 saturated carbocycles. The average Bonchev–Trinajstić information content (AvgIpc) is 0. The van der Waals surface area contributed by atoms with Crippen LogP contribution in [0.4, 0.5) is 0 Å². The first-order valence-corrected chi connectivity index (χ1v) is 0. The van der Waals surface area contributed by atoms with E-state index in [0.717, 1.165) is 0 Å². The summed E-state index contributed by atoms with van der Waals surface area (Å²) in [7, 11) is 0. The molecule has 0 aliphatic heterocycles. The molecule has 0 aliphatic carbocycles. The summed E-state index contributed by atoms with van der Waals surface area (Å²) in [4.78, 5) is 0. The van der Waals surface area contributed by atoms with Crippen molar-refractivity contribution >= 4 is 39.6 Å². The van der Waals surface area contributed by atoms with E-state index in [1.807, 2.05) is 0 Å². The molecule has 3 radical (unpaired) electrons. The monoisotopic (exact) mass is 497 g/mol. The molecule has 0 aromatic carbocycles. The fourth-order valence-electron chi connectivity index (χ4n) is 0. The summed E-state index contributed by atoms with van der Waals surface area (Å²) < 4.78 is 0. The summed E-state index contributed by atoms with van der Waals surface area (Å²) >= 11 is 0. The zero-order valence-corrected chi connectivity index (χ0v) is 12.4. The summed E-state index contributed by atoms with van der Waals surface area (Å²) in [5.74, 6) is 0. The summed E-state index contributed by atoms with van der Waals surface area (Å²) in [6.07, 6.45) is 0. The zero-order valence-electron chi connectivity index (χ0n) is 3.10. The van der Waals surface area contributed by atoms with Crippen molar-refractivity contribution in [1.82, 2.24) is 0 Å². The standard InChI is InChI=1S/3Cu.4P.W/q3*+2;4*-3;+6. The molecule has 8 heteroatoms. The van der Waals surface area contributed by atoms with Gasteiger partial charge in [0, 0.05) is 0 Å². The Morgan fingerprint density at radius 2 is 0.375 bits per heavy atom. The van der Waals surface area contributed by atoms with E-state index in [9.17, 15) is 0 Å². The van der Waals surface area contributed by atoms with E-state index in [0.29, 0.717) is 0 Å². The van der Waals surface area contributed by atoms with Gasteiger partial charge in [0.2, 0.25) is 0 Å². The molecule has 0 spiro atoms. The zero-order chi connectivity index (χ0) is 0. The van der Waals surface area contributed by atoms with Gasteiger partial charge in [-0.15, -0.1) is 0 Å². The van der Waals surface area contributed by atoms with E-state index in [2.05, 4.69) is 0 Å². The number of hydrogen-bond acceptors (Lipinski definition) is 0. The Bertz CT molecular complexity index is 11.2. The second-order valence-corrected chi connectivity index (χ2v) is 0. The largest absolute Gasteiger partial charge is 6.00 e. The summed E-state index contributed by atoms with van der Waals surface area (Å²) in [5, 5.41) is 0. The maximum atomic E-state index is 0. The van der Waals surface area contributed by atoms with Gasteiger partial charge in [-0.1, -0.05) is 0 Å². The van der Waals surface area contributed by atoms with Gasteiger partial charge < -0.3 is 39.6 Å². The Balaban J connectivity index is 0. The molecule has 59 valence electrons. The summed E-state index contributed by atoms with van der Waals surface area (Å²) in [6, 6.07) is 0. The van der Waals surface area contributed by atoms with Crippen molar-refractivity contribution < 1.29 is 72.3 Å². The second-order valence-electron chi connectivity index (χ2n) is 0. The van der Waals surface area contributed by atoms with E-state index in [-0.39, 0.29) is 112 Å². The van der Waals surface area contributed by atoms with Crippen LogP contribution in [0.1, 0.15) is 0 Å². The van der Waals surface area contributed by atoms with Crippen LogP contribution in [0.15, 0.2) is 0 Å². The Hall–Kier alpha value is 3.97. The molecule has 0 N–H and O–H groups in total. The van der Waals surface area contributed by atoms with Gasteiger partial charge in [0.15, 0.2) is 0 Å². The van der Waals surface area contributed by atoms with Crippen LogP contribution < -0.4 is 0 Å². The molecule has 0 aromatic heterocycles. The first kappa shape index (κ1) is 91.5. The molecule has 0 fully saturated rings. The molecule has 0 aliphatic rings. The molecule has 8 heavy (non-hydrogen) atoms. The molecule has 0 heterocycles. The van der Waals surface area contributed by atoms with Gasteiger partial charge in [0.25, 0.3) is 0 Å². The predicted octanol–water partition coefficient (Wildman–Crippen LogP) is 3.43. The molecule has 0 aromatic rings. The fraction of sp³-hybridized carbons (Fsp3) is 0. The smallest absolute Gasteiger partial charge is 3.00 e. The van der Waals surface area contributed by atoms with Gasteiger partial charge in [0.05, 0.1) is 0 Å². The van der Waals surface area contributed by atoms with Crippen molar-refractivity contribution in [2.24, 2.45) is 0 Å². The molecule has 0 atom stereocenters. The van der Waals surface area contributed by atoms with Crippen LogP contribution in [0.2, 0.25) is 0 Å². The van der Waals surface area contributed by atoms with Gasteiger partial charge in [0.1, 0.15) is 0 Å². The first-order valence-electron chi connectivity index (χ1n) is 0. The van der Waals surface area contributed by atoms with E-state index < -0.39 is 0 Å². The minimum atomic E-state index is 0. The second kappa shape index (κ2) is 69.2. The van der Waals surface area contributed by atoms with E-state index in [1.165, 1.54) is 0 Å². The maximum Gasteiger partial charge on any atom is 6.00 e. The summed E-state index contributed by atoms with van der Waals surface area (Å²) in [6.45, 7) is 0. The van der Waals surface area contributed by atoms with Crippen LogP contribution in [-0.2, 0) is 72.3 Å².